The van der Waals surface area contributed by atoms with Crippen molar-refractivity contribution in [2.24, 2.45) is 0 Å². The molecule has 1 N–H and O–H groups in total. The van der Waals surface area contributed by atoms with Crippen LogP contribution >= 0.6 is 0 Å². The van der Waals surface area contributed by atoms with Crippen LogP contribution in [0.5, 0.6) is 0 Å². The third-order valence-corrected chi connectivity index (χ3v) is 3.08. The minimum Gasteiger partial charge on any atom is -0.477 e. The van der Waals surface area contributed by atoms with Crippen LogP contribution in [0.1, 0.15) is 16.2 Å². The third kappa shape index (κ3) is 2.53. The van der Waals surface area contributed by atoms with Gasteiger partial charge in [-0.1, -0.05) is 0 Å². The quantitative estimate of drug-likeness (QED) is 0.842. The number of morpholine rings is 1. The highest BCUT2D eigenvalue weighted by molar-refractivity contribution is 5.87. The molecule has 0 radical (unpaired) electrons. The van der Waals surface area contributed by atoms with Crippen molar-refractivity contribution < 1.29 is 19.4 Å². The molecular weight excluding hydrogens is 236 g/mol. The van der Waals surface area contributed by atoms with Crippen LogP contribution in [0.3, 0.4) is 0 Å². The molecule has 0 unspecified atom stereocenters. The fourth-order valence-electron chi connectivity index (χ4n) is 2.01. The molecule has 6 heteroatoms. The van der Waals surface area contributed by atoms with Gasteiger partial charge in [0.15, 0.2) is 0 Å². The van der Waals surface area contributed by atoms with Gasteiger partial charge in [0, 0.05) is 18.8 Å². The molecule has 1 aliphatic rings. The van der Waals surface area contributed by atoms with Gasteiger partial charge in [0.05, 0.1) is 13.2 Å². The maximum atomic E-state index is 12.0. The maximum absolute atomic E-state index is 12.0. The second-order valence-corrected chi connectivity index (χ2v) is 4.24. The lowest BCUT2D eigenvalue weighted by atomic mass is 10.3. The van der Waals surface area contributed by atoms with Crippen LogP contribution in [-0.2, 0) is 16.1 Å². The molecule has 1 saturated heterocycles. The van der Waals surface area contributed by atoms with Gasteiger partial charge in [-0.3, -0.25) is 4.79 Å². The summed E-state index contributed by atoms with van der Waals surface area (Å²) in [6.07, 6.45) is 0. The molecule has 1 aromatic rings. The lowest BCUT2D eigenvalue weighted by molar-refractivity contribution is -0.135. The number of aryl methyl sites for hydroxylation is 1. The number of carboxylic acid groups (broad SMARTS) is 1. The zero-order chi connectivity index (χ0) is 13.1. The first kappa shape index (κ1) is 12.6. The third-order valence-electron chi connectivity index (χ3n) is 3.08. The van der Waals surface area contributed by atoms with E-state index in [1.54, 1.807) is 17.9 Å². The monoisotopic (exact) mass is 252 g/mol. The number of amides is 1. The van der Waals surface area contributed by atoms with Crippen molar-refractivity contribution in [3.8, 4) is 0 Å². The van der Waals surface area contributed by atoms with E-state index in [2.05, 4.69) is 0 Å². The van der Waals surface area contributed by atoms with Gasteiger partial charge in [-0.25, -0.2) is 4.79 Å². The lowest BCUT2D eigenvalue weighted by Gasteiger charge is -2.27. The van der Waals surface area contributed by atoms with Gasteiger partial charge in [0.25, 0.3) is 0 Å². The Kier molecular flexibility index (Phi) is 3.66. The Balaban J connectivity index is 2.10. The topological polar surface area (TPSA) is 71.8 Å². The maximum Gasteiger partial charge on any atom is 0.352 e. The van der Waals surface area contributed by atoms with Crippen molar-refractivity contribution in [2.75, 3.05) is 26.3 Å². The smallest absolute Gasteiger partial charge is 0.352 e. The van der Waals surface area contributed by atoms with E-state index < -0.39 is 5.97 Å². The molecule has 0 aliphatic carbocycles. The molecule has 0 atom stereocenters. The van der Waals surface area contributed by atoms with Crippen LogP contribution in [0.25, 0.3) is 0 Å². The predicted molar refractivity (Wildman–Crippen MR) is 63.5 cm³/mol. The zero-order valence-electron chi connectivity index (χ0n) is 10.3. The number of hydrogen-bond donors (Lipinski definition) is 1. The van der Waals surface area contributed by atoms with E-state index in [-0.39, 0.29) is 18.1 Å². The summed E-state index contributed by atoms with van der Waals surface area (Å²) in [4.78, 5) is 24.8. The minimum absolute atomic E-state index is 0.0694. The van der Waals surface area contributed by atoms with Crippen molar-refractivity contribution >= 4 is 11.9 Å². The molecule has 18 heavy (non-hydrogen) atoms. The standard InChI is InChI=1S/C12H16N2O4/c1-9-2-3-10(12(16)17)14(9)8-11(15)13-4-6-18-7-5-13/h2-3H,4-8H2,1H3,(H,16,17). The van der Waals surface area contributed by atoms with Gasteiger partial charge < -0.3 is 19.3 Å². The molecule has 2 heterocycles. The number of carboxylic acids is 1. The Hall–Kier alpha value is -1.82. The number of rotatable bonds is 3. The van der Waals surface area contributed by atoms with Gasteiger partial charge in [-0.05, 0) is 19.1 Å². The Morgan fingerprint density at radius 2 is 2.00 bits per heavy atom. The summed E-state index contributed by atoms with van der Waals surface area (Å²) < 4.78 is 6.70. The summed E-state index contributed by atoms with van der Waals surface area (Å²) in [5.41, 5.74) is 0.920. The second kappa shape index (κ2) is 5.22. The summed E-state index contributed by atoms with van der Waals surface area (Å²) in [7, 11) is 0. The summed E-state index contributed by atoms with van der Waals surface area (Å²) in [5.74, 6) is -1.09. The molecule has 98 valence electrons. The van der Waals surface area contributed by atoms with Crippen LogP contribution in [-0.4, -0.2) is 52.8 Å². The van der Waals surface area contributed by atoms with Crippen molar-refractivity contribution in [1.29, 1.82) is 0 Å². The lowest BCUT2D eigenvalue weighted by Crippen LogP contribution is -2.42. The van der Waals surface area contributed by atoms with E-state index in [0.717, 1.165) is 5.69 Å². The first-order valence-corrected chi connectivity index (χ1v) is 5.84. The van der Waals surface area contributed by atoms with Crippen LogP contribution < -0.4 is 0 Å². The summed E-state index contributed by atoms with van der Waals surface area (Å²) in [5, 5.41) is 9.04. The fraction of sp³-hybridized carbons (Fsp3) is 0.500. The number of aromatic carboxylic acids is 1. The van der Waals surface area contributed by atoms with Crippen LogP contribution in [0.2, 0.25) is 0 Å². The molecule has 0 spiro atoms. The average Bonchev–Trinajstić information content (AvgIpc) is 2.72. The van der Waals surface area contributed by atoms with E-state index in [9.17, 15) is 9.59 Å². The fourth-order valence-corrected chi connectivity index (χ4v) is 2.01. The first-order valence-electron chi connectivity index (χ1n) is 5.84. The molecule has 0 aromatic carbocycles. The van der Waals surface area contributed by atoms with E-state index in [1.807, 2.05) is 0 Å². The van der Waals surface area contributed by atoms with Crippen LogP contribution in [0.15, 0.2) is 12.1 Å². The van der Waals surface area contributed by atoms with Gasteiger partial charge >= 0.3 is 5.97 Å². The van der Waals surface area contributed by atoms with Crippen molar-refractivity contribution in [3.05, 3.63) is 23.5 Å². The number of aromatic nitrogens is 1. The Morgan fingerprint density at radius 3 is 2.61 bits per heavy atom. The number of nitrogens with zero attached hydrogens (tertiary/aromatic N) is 2. The number of carbonyl (C=O) groups excluding carboxylic acids is 1. The molecule has 0 saturated carbocycles. The van der Waals surface area contributed by atoms with E-state index in [0.29, 0.717) is 26.3 Å². The van der Waals surface area contributed by atoms with E-state index in [1.165, 1.54) is 10.6 Å². The zero-order valence-corrected chi connectivity index (χ0v) is 10.3. The number of ether oxygens (including phenoxy) is 1. The highest BCUT2D eigenvalue weighted by Crippen LogP contribution is 2.10. The molecule has 1 fully saturated rings. The van der Waals surface area contributed by atoms with Gasteiger partial charge in [0.2, 0.25) is 5.91 Å². The largest absolute Gasteiger partial charge is 0.477 e. The van der Waals surface area contributed by atoms with Gasteiger partial charge in [0.1, 0.15) is 12.2 Å². The van der Waals surface area contributed by atoms with Gasteiger partial charge in [-0.15, -0.1) is 0 Å². The Bertz CT molecular complexity index is 461. The van der Waals surface area contributed by atoms with Crippen LogP contribution in [0, 0.1) is 6.92 Å². The minimum atomic E-state index is -1.02. The Labute approximate surface area is 105 Å². The molecular formula is C12H16N2O4. The molecule has 1 aliphatic heterocycles. The predicted octanol–water partition coefficient (Wildman–Crippen LogP) is 0.354. The summed E-state index contributed by atoms with van der Waals surface area (Å²) in [6, 6.07) is 3.22. The molecule has 2 rings (SSSR count). The van der Waals surface area contributed by atoms with Gasteiger partial charge in [-0.2, -0.15) is 0 Å². The van der Waals surface area contributed by atoms with Crippen LogP contribution in [0.4, 0.5) is 0 Å². The summed E-state index contributed by atoms with van der Waals surface area (Å²) >= 11 is 0. The number of carbonyl (C=O) groups is 2. The molecule has 6 nitrogen and oxygen atoms in total. The van der Waals surface area contributed by atoms with Crippen molar-refractivity contribution in [3.63, 3.8) is 0 Å². The SMILES string of the molecule is Cc1ccc(C(=O)O)n1CC(=O)N1CCOCC1. The summed E-state index contributed by atoms with van der Waals surface area (Å²) in [6.45, 7) is 4.09. The molecule has 1 amide bonds. The highest BCUT2D eigenvalue weighted by atomic mass is 16.5. The normalized spacial score (nSPS) is 15.7. The van der Waals surface area contributed by atoms with Crippen molar-refractivity contribution in [2.45, 2.75) is 13.5 Å². The number of hydrogen-bond acceptors (Lipinski definition) is 3. The Morgan fingerprint density at radius 1 is 1.33 bits per heavy atom. The molecule has 1 aromatic heterocycles. The molecule has 0 bridgehead atoms. The average molecular weight is 252 g/mol. The van der Waals surface area contributed by atoms with E-state index >= 15 is 0 Å². The second-order valence-electron chi connectivity index (χ2n) is 4.24. The van der Waals surface area contributed by atoms with E-state index in [4.69, 9.17) is 9.84 Å². The van der Waals surface area contributed by atoms with Crippen molar-refractivity contribution in [1.82, 2.24) is 9.47 Å². The highest BCUT2D eigenvalue weighted by Gasteiger charge is 2.20. The first-order chi connectivity index (χ1) is 8.59.